The lowest BCUT2D eigenvalue weighted by Crippen LogP contribution is -2.40. The molecule has 2 aromatic rings. The van der Waals surface area contributed by atoms with Gasteiger partial charge in [0.25, 0.3) is 0 Å². The third-order valence-corrected chi connectivity index (χ3v) is 4.39. The van der Waals surface area contributed by atoms with Crippen molar-refractivity contribution in [3.05, 3.63) is 58.5 Å². The SMILES string of the molecule is CN=C(NC(C)c1ccc(C)o1)NC1CC1c1cccc(Cl)c1. The van der Waals surface area contributed by atoms with Crippen molar-refractivity contribution in [1.29, 1.82) is 0 Å². The number of hydrogen-bond donors (Lipinski definition) is 2. The van der Waals surface area contributed by atoms with Gasteiger partial charge in [-0.3, -0.25) is 4.99 Å². The molecule has 0 aliphatic heterocycles. The van der Waals surface area contributed by atoms with Crippen molar-refractivity contribution in [2.45, 2.75) is 38.3 Å². The number of guanidine groups is 1. The molecule has 122 valence electrons. The summed E-state index contributed by atoms with van der Waals surface area (Å²) < 4.78 is 5.65. The van der Waals surface area contributed by atoms with Gasteiger partial charge < -0.3 is 15.1 Å². The normalized spacial score (nSPS) is 21.8. The van der Waals surface area contributed by atoms with Crippen LogP contribution < -0.4 is 10.6 Å². The number of furan rings is 1. The fraction of sp³-hybridized carbons (Fsp3) is 0.389. The van der Waals surface area contributed by atoms with Gasteiger partial charge in [-0.25, -0.2) is 0 Å². The van der Waals surface area contributed by atoms with Crippen LogP contribution in [0, 0.1) is 6.92 Å². The molecule has 1 aliphatic rings. The van der Waals surface area contributed by atoms with Gasteiger partial charge in [0, 0.05) is 24.0 Å². The van der Waals surface area contributed by atoms with Crippen LogP contribution in [0.5, 0.6) is 0 Å². The average molecular weight is 332 g/mol. The zero-order valence-corrected chi connectivity index (χ0v) is 14.4. The monoisotopic (exact) mass is 331 g/mol. The van der Waals surface area contributed by atoms with Gasteiger partial charge in [0.2, 0.25) is 0 Å². The van der Waals surface area contributed by atoms with E-state index in [9.17, 15) is 0 Å². The number of hydrogen-bond acceptors (Lipinski definition) is 2. The maximum atomic E-state index is 6.07. The summed E-state index contributed by atoms with van der Waals surface area (Å²) in [7, 11) is 1.78. The second kappa shape index (κ2) is 6.67. The zero-order valence-electron chi connectivity index (χ0n) is 13.6. The first kappa shape index (κ1) is 15.9. The first-order valence-corrected chi connectivity index (χ1v) is 8.26. The van der Waals surface area contributed by atoms with E-state index in [0.717, 1.165) is 28.9 Å². The van der Waals surface area contributed by atoms with Crippen LogP contribution in [-0.2, 0) is 0 Å². The van der Waals surface area contributed by atoms with Crippen LogP contribution in [0.4, 0.5) is 0 Å². The Labute approximate surface area is 141 Å². The van der Waals surface area contributed by atoms with E-state index in [2.05, 4.69) is 28.6 Å². The van der Waals surface area contributed by atoms with Gasteiger partial charge in [-0.1, -0.05) is 23.7 Å². The number of benzene rings is 1. The molecule has 0 spiro atoms. The van der Waals surface area contributed by atoms with Crippen LogP contribution in [0.2, 0.25) is 5.02 Å². The summed E-state index contributed by atoms with van der Waals surface area (Å²) in [6.45, 7) is 4.01. The fourth-order valence-electron chi connectivity index (χ4n) is 2.77. The first-order valence-electron chi connectivity index (χ1n) is 7.88. The lowest BCUT2D eigenvalue weighted by Gasteiger charge is -2.16. The Morgan fingerprint density at radius 2 is 2.17 bits per heavy atom. The number of rotatable bonds is 4. The van der Waals surface area contributed by atoms with Gasteiger partial charge in [0.05, 0.1) is 6.04 Å². The van der Waals surface area contributed by atoms with Crippen LogP contribution in [-0.4, -0.2) is 19.0 Å². The molecular weight excluding hydrogens is 310 g/mol. The molecule has 1 heterocycles. The van der Waals surface area contributed by atoms with Crippen LogP contribution in [0.1, 0.15) is 42.4 Å². The Morgan fingerprint density at radius 1 is 1.35 bits per heavy atom. The first-order chi connectivity index (χ1) is 11.1. The molecule has 4 nitrogen and oxygen atoms in total. The van der Waals surface area contributed by atoms with Crippen LogP contribution in [0.3, 0.4) is 0 Å². The summed E-state index contributed by atoms with van der Waals surface area (Å²) in [4.78, 5) is 4.31. The minimum absolute atomic E-state index is 0.0678. The van der Waals surface area contributed by atoms with Crippen molar-refractivity contribution >= 4 is 17.6 Å². The van der Waals surface area contributed by atoms with Crippen molar-refractivity contribution in [2.75, 3.05) is 7.05 Å². The molecule has 0 saturated heterocycles. The minimum atomic E-state index is 0.0678. The van der Waals surface area contributed by atoms with Crippen molar-refractivity contribution in [2.24, 2.45) is 4.99 Å². The molecule has 2 N–H and O–H groups in total. The van der Waals surface area contributed by atoms with Gasteiger partial charge in [0.15, 0.2) is 5.96 Å². The highest BCUT2D eigenvalue weighted by Gasteiger charge is 2.39. The minimum Gasteiger partial charge on any atom is -0.464 e. The largest absolute Gasteiger partial charge is 0.464 e. The number of aryl methyl sites for hydroxylation is 1. The lowest BCUT2D eigenvalue weighted by molar-refractivity contribution is 0.441. The average Bonchev–Trinajstić information content (AvgIpc) is 3.16. The maximum absolute atomic E-state index is 6.07. The van der Waals surface area contributed by atoms with E-state index in [1.165, 1.54) is 5.56 Å². The number of aliphatic imine (C=N–C) groups is 1. The van der Waals surface area contributed by atoms with Crippen molar-refractivity contribution in [3.8, 4) is 0 Å². The molecule has 1 saturated carbocycles. The summed E-state index contributed by atoms with van der Waals surface area (Å²) in [5.41, 5.74) is 1.28. The Morgan fingerprint density at radius 3 is 2.83 bits per heavy atom. The topological polar surface area (TPSA) is 49.6 Å². The lowest BCUT2D eigenvalue weighted by atomic mass is 10.1. The molecule has 3 rings (SSSR count). The molecule has 1 aromatic heterocycles. The second-order valence-electron chi connectivity index (χ2n) is 6.03. The quantitative estimate of drug-likeness (QED) is 0.657. The summed E-state index contributed by atoms with van der Waals surface area (Å²) in [6.07, 6.45) is 1.09. The summed E-state index contributed by atoms with van der Waals surface area (Å²) in [6, 6.07) is 12.5. The Kier molecular flexibility index (Phi) is 4.62. The van der Waals surface area contributed by atoms with E-state index in [1.807, 2.05) is 37.3 Å². The van der Waals surface area contributed by atoms with Crippen LogP contribution >= 0.6 is 11.6 Å². The number of halogens is 1. The summed E-state index contributed by atoms with van der Waals surface area (Å²) in [5.74, 6) is 3.11. The molecule has 23 heavy (non-hydrogen) atoms. The smallest absolute Gasteiger partial charge is 0.191 e. The number of nitrogens with one attached hydrogen (secondary N) is 2. The highest BCUT2D eigenvalue weighted by atomic mass is 35.5. The van der Waals surface area contributed by atoms with Crippen molar-refractivity contribution in [3.63, 3.8) is 0 Å². The predicted octanol–water partition coefficient (Wildman–Crippen LogP) is 4.02. The summed E-state index contributed by atoms with van der Waals surface area (Å²) in [5, 5.41) is 7.63. The van der Waals surface area contributed by atoms with E-state index < -0.39 is 0 Å². The standard InChI is InChI=1S/C18H22ClN3O/c1-11-7-8-17(23-11)12(2)21-18(20-3)22-16-10-15(16)13-5-4-6-14(19)9-13/h4-9,12,15-16H,10H2,1-3H3,(H2,20,21,22). The van der Waals surface area contributed by atoms with Crippen molar-refractivity contribution in [1.82, 2.24) is 10.6 Å². The van der Waals surface area contributed by atoms with Crippen LogP contribution in [0.25, 0.3) is 0 Å². The Bertz CT molecular complexity index is 710. The van der Waals surface area contributed by atoms with Crippen LogP contribution in [0.15, 0.2) is 45.8 Å². The second-order valence-corrected chi connectivity index (χ2v) is 6.47. The molecule has 3 atom stereocenters. The Hall–Kier alpha value is -1.94. The van der Waals surface area contributed by atoms with Gasteiger partial charge in [-0.05, 0) is 50.1 Å². The van der Waals surface area contributed by atoms with E-state index in [1.54, 1.807) is 7.05 Å². The molecule has 1 fully saturated rings. The van der Waals surface area contributed by atoms with Gasteiger partial charge >= 0.3 is 0 Å². The molecular formula is C18H22ClN3O. The van der Waals surface area contributed by atoms with Gasteiger partial charge in [-0.15, -0.1) is 0 Å². The third kappa shape index (κ3) is 3.88. The summed E-state index contributed by atoms with van der Waals surface area (Å²) >= 11 is 6.07. The maximum Gasteiger partial charge on any atom is 0.191 e. The van der Waals surface area contributed by atoms with E-state index in [-0.39, 0.29) is 6.04 Å². The van der Waals surface area contributed by atoms with Gasteiger partial charge in [0.1, 0.15) is 11.5 Å². The number of nitrogens with zero attached hydrogens (tertiary/aromatic N) is 1. The third-order valence-electron chi connectivity index (χ3n) is 4.15. The molecule has 1 aromatic carbocycles. The highest BCUT2D eigenvalue weighted by molar-refractivity contribution is 6.30. The van der Waals surface area contributed by atoms with Crippen molar-refractivity contribution < 1.29 is 4.42 Å². The molecule has 0 amide bonds. The van der Waals surface area contributed by atoms with E-state index in [0.29, 0.717) is 12.0 Å². The highest BCUT2D eigenvalue weighted by Crippen LogP contribution is 2.41. The predicted molar refractivity (Wildman–Crippen MR) is 94.1 cm³/mol. The van der Waals surface area contributed by atoms with E-state index in [4.69, 9.17) is 16.0 Å². The van der Waals surface area contributed by atoms with Gasteiger partial charge in [-0.2, -0.15) is 0 Å². The molecule has 0 radical (unpaired) electrons. The molecule has 5 heteroatoms. The zero-order chi connectivity index (χ0) is 16.4. The van der Waals surface area contributed by atoms with E-state index >= 15 is 0 Å². The molecule has 1 aliphatic carbocycles. The molecule has 0 bridgehead atoms. The Balaban J connectivity index is 1.57. The molecule has 3 unspecified atom stereocenters. The fourth-order valence-corrected chi connectivity index (χ4v) is 2.97.